The molecule has 0 bridgehead atoms. The molecule has 1 aromatic carbocycles. The molecule has 0 unspecified atom stereocenters. The van der Waals surface area contributed by atoms with Crippen molar-refractivity contribution in [1.82, 2.24) is 0 Å². The van der Waals surface area contributed by atoms with E-state index < -0.39 is 0 Å². The maximum Gasteiger partial charge on any atom is 0.308 e. The molecule has 16 heavy (non-hydrogen) atoms. The second kappa shape index (κ2) is 6.50. The van der Waals surface area contributed by atoms with E-state index >= 15 is 0 Å². The third-order valence-corrected chi connectivity index (χ3v) is 3.11. The number of thioether (sulfide) groups is 1. The molecule has 5 heteroatoms. The molecule has 0 aliphatic rings. The van der Waals surface area contributed by atoms with Gasteiger partial charge in [-0.2, -0.15) is 0 Å². The average Bonchev–Trinajstić information content (AvgIpc) is 2.27. The van der Waals surface area contributed by atoms with E-state index in [1.807, 2.05) is 12.1 Å². The molecule has 1 aromatic rings. The molecule has 0 fully saturated rings. The highest BCUT2D eigenvalue weighted by Gasteiger charge is 2.00. The Labute approximate surface area is 104 Å². The van der Waals surface area contributed by atoms with Gasteiger partial charge in [-0.15, -0.1) is 0 Å². The zero-order valence-corrected chi connectivity index (χ0v) is 10.7. The molecule has 0 aliphatic heterocycles. The fraction of sp³-hybridized carbons (Fsp3) is 0.273. The summed E-state index contributed by atoms with van der Waals surface area (Å²) >= 11 is 6.36. The van der Waals surface area contributed by atoms with Gasteiger partial charge in [0.2, 0.25) is 4.38 Å². The van der Waals surface area contributed by atoms with Crippen molar-refractivity contribution < 1.29 is 14.3 Å². The zero-order valence-electron chi connectivity index (χ0n) is 9.06. The van der Waals surface area contributed by atoms with Crippen LogP contribution in [0.4, 0.5) is 0 Å². The van der Waals surface area contributed by atoms with E-state index in [0.29, 0.717) is 10.1 Å². The Balaban J connectivity index is 2.51. The van der Waals surface area contributed by atoms with Crippen LogP contribution in [0.25, 0.3) is 0 Å². The van der Waals surface area contributed by atoms with E-state index in [0.717, 1.165) is 11.3 Å². The van der Waals surface area contributed by atoms with E-state index in [1.165, 1.54) is 18.7 Å². The highest BCUT2D eigenvalue weighted by Crippen LogP contribution is 2.18. The molecule has 0 spiro atoms. The van der Waals surface area contributed by atoms with Gasteiger partial charge in [-0.05, 0) is 29.9 Å². The van der Waals surface area contributed by atoms with Crippen LogP contribution in [0, 0.1) is 0 Å². The largest absolute Gasteiger partial charge is 0.482 e. The Bertz CT molecular complexity index is 373. The number of thiocarbonyl (C=S) groups is 1. The number of carbonyl (C=O) groups is 1. The molecule has 0 aromatic heterocycles. The van der Waals surface area contributed by atoms with Crippen LogP contribution in [0.15, 0.2) is 24.3 Å². The normalized spacial score (nSPS) is 9.62. The van der Waals surface area contributed by atoms with E-state index in [2.05, 4.69) is 0 Å². The fourth-order valence-corrected chi connectivity index (χ4v) is 1.79. The second-order valence-corrected chi connectivity index (χ2v) is 4.56. The number of esters is 1. The van der Waals surface area contributed by atoms with Gasteiger partial charge < -0.3 is 9.47 Å². The quantitative estimate of drug-likeness (QED) is 0.472. The van der Waals surface area contributed by atoms with Crippen LogP contribution in [0.2, 0.25) is 0 Å². The predicted octanol–water partition coefficient (Wildman–Crippen LogP) is 2.78. The number of carbonyl (C=O) groups excluding carboxylic acids is 1. The van der Waals surface area contributed by atoms with E-state index in [-0.39, 0.29) is 5.97 Å². The molecule has 0 N–H and O–H groups in total. The maximum absolute atomic E-state index is 10.7. The summed E-state index contributed by atoms with van der Waals surface area (Å²) in [6.45, 7) is 1.38. The SMILES string of the molecule is COC(=S)SCc1ccc(OC(C)=O)cc1. The Morgan fingerprint density at radius 2 is 2.00 bits per heavy atom. The second-order valence-electron chi connectivity index (χ2n) is 2.98. The molecule has 0 radical (unpaired) electrons. The van der Waals surface area contributed by atoms with Gasteiger partial charge in [0.25, 0.3) is 0 Å². The molecule has 0 atom stereocenters. The Morgan fingerprint density at radius 1 is 1.38 bits per heavy atom. The Morgan fingerprint density at radius 3 is 2.50 bits per heavy atom. The predicted molar refractivity (Wildman–Crippen MR) is 68.7 cm³/mol. The third-order valence-electron chi connectivity index (χ3n) is 1.71. The monoisotopic (exact) mass is 256 g/mol. The van der Waals surface area contributed by atoms with Crippen molar-refractivity contribution in [3.63, 3.8) is 0 Å². The van der Waals surface area contributed by atoms with Crippen LogP contribution >= 0.6 is 24.0 Å². The molecule has 0 saturated heterocycles. The highest BCUT2D eigenvalue weighted by atomic mass is 32.2. The van der Waals surface area contributed by atoms with Gasteiger partial charge >= 0.3 is 5.97 Å². The van der Waals surface area contributed by atoms with Crippen LogP contribution in [0.1, 0.15) is 12.5 Å². The van der Waals surface area contributed by atoms with Crippen LogP contribution in [-0.2, 0) is 15.3 Å². The third kappa shape index (κ3) is 4.63. The van der Waals surface area contributed by atoms with Gasteiger partial charge in [0, 0.05) is 12.7 Å². The Hall–Kier alpha value is -1.07. The van der Waals surface area contributed by atoms with Gasteiger partial charge in [-0.25, -0.2) is 0 Å². The number of hydrogen-bond acceptors (Lipinski definition) is 5. The summed E-state index contributed by atoms with van der Waals surface area (Å²) in [7, 11) is 1.55. The number of ether oxygens (including phenoxy) is 2. The van der Waals surface area contributed by atoms with E-state index in [1.54, 1.807) is 19.2 Å². The molecule has 0 aliphatic carbocycles. The van der Waals surface area contributed by atoms with E-state index in [4.69, 9.17) is 21.7 Å². The van der Waals surface area contributed by atoms with Crippen molar-refractivity contribution in [3.05, 3.63) is 29.8 Å². The lowest BCUT2D eigenvalue weighted by molar-refractivity contribution is -0.131. The summed E-state index contributed by atoms with van der Waals surface area (Å²) in [6.07, 6.45) is 0. The van der Waals surface area contributed by atoms with Crippen molar-refractivity contribution in [1.29, 1.82) is 0 Å². The first-order valence-electron chi connectivity index (χ1n) is 4.60. The first-order valence-corrected chi connectivity index (χ1v) is 5.99. The minimum atomic E-state index is -0.317. The molecule has 3 nitrogen and oxygen atoms in total. The molecular weight excluding hydrogens is 244 g/mol. The minimum absolute atomic E-state index is 0.317. The number of rotatable bonds is 3. The lowest BCUT2D eigenvalue weighted by atomic mass is 10.2. The lowest BCUT2D eigenvalue weighted by Gasteiger charge is -2.04. The van der Waals surface area contributed by atoms with Crippen molar-refractivity contribution in [2.45, 2.75) is 12.7 Å². The van der Waals surface area contributed by atoms with Gasteiger partial charge in [0.15, 0.2) is 0 Å². The van der Waals surface area contributed by atoms with Gasteiger partial charge in [0.1, 0.15) is 5.75 Å². The minimum Gasteiger partial charge on any atom is -0.482 e. The van der Waals surface area contributed by atoms with Crippen LogP contribution in [0.3, 0.4) is 0 Å². The summed E-state index contributed by atoms with van der Waals surface area (Å²) in [5, 5.41) is 0. The van der Waals surface area contributed by atoms with Gasteiger partial charge in [0.05, 0.1) is 7.11 Å². The van der Waals surface area contributed by atoms with E-state index in [9.17, 15) is 4.79 Å². The molecule has 0 saturated carbocycles. The van der Waals surface area contributed by atoms with Crippen molar-refractivity contribution in [3.8, 4) is 5.75 Å². The standard InChI is InChI=1S/C11H12O3S2/c1-8(12)14-10-5-3-9(4-6-10)7-16-11(15)13-2/h3-6H,7H2,1-2H3. The van der Waals surface area contributed by atoms with Crippen LogP contribution < -0.4 is 4.74 Å². The fourth-order valence-electron chi connectivity index (χ4n) is 1.02. The average molecular weight is 256 g/mol. The summed E-state index contributed by atoms with van der Waals surface area (Å²) < 4.78 is 10.3. The molecular formula is C11H12O3S2. The highest BCUT2D eigenvalue weighted by molar-refractivity contribution is 8.22. The van der Waals surface area contributed by atoms with Crippen molar-refractivity contribution in [2.75, 3.05) is 7.11 Å². The number of hydrogen-bond donors (Lipinski definition) is 0. The number of benzene rings is 1. The maximum atomic E-state index is 10.7. The molecule has 1 rings (SSSR count). The lowest BCUT2D eigenvalue weighted by Crippen LogP contribution is -2.01. The van der Waals surface area contributed by atoms with Crippen LogP contribution in [-0.4, -0.2) is 17.5 Å². The first-order chi connectivity index (χ1) is 7.61. The summed E-state index contributed by atoms with van der Waals surface area (Å²) in [5.74, 6) is 0.978. The molecule has 86 valence electrons. The van der Waals surface area contributed by atoms with Crippen molar-refractivity contribution in [2.24, 2.45) is 0 Å². The summed E-state index contributed by atoms with van der Waals surface area (Å²) in [5.41, 5.74) is 1.10. The van der Waals surface area contributed by atoms with Gasteiger partial charge in [-0.3, -0.25) is 4.79 Å². The summed E-state index contributed by atoms with van der Waals surface area (Å²) in [4.78, 5) is 10.7. The first kappa shape index (κ1) is 13.0. The Kier molecular flexibility index (Phi) is 5.28. The summed E-state index contributed by atoms with van der Waals surface area (Å²) in [6, 6.07) is 7.30. The van der Waals surface area contributed by atoms with Crippen molar-refractivity contribution >= 4 is 34.3 Å². The van der Waals surface area contributed by atoms with Gasteiger partial charge in [-0.1, -0.05) is 23.9 Å². The topological polar surface area (TPSA) is 35.5 Å². The smallest absolute Gasteiger partial charge is 0.308 e. The van der Waals surface area contributed by atoms with Crippen LogP contribution in [0.5, 0.6) is 5.75 Å². The zero-order chi connectivity index (χ0) is 12.0. The molecule has 0 heterocycles. The molecule has 0 amide bonds. The number of methoxy groups -OCH3 is 1.